The molecule has 0 fully saturated rings. The summed E-state index contributed by atoms with van der Waals surface area (Å²) < 4.78 is 24.1. The molecule has 13 heavy (non-hydrogen) atoms. The van der Waals surface area contributed by atoms with Gasteiger partial charge in [0.15, 0.2) is 0 Å². The van der Waals surface area contributed by atoms with Crippen molar-refractivity contribution in [1.29, 1.82) is 0 Å². The highest BCUT2D eigenvalue weighted by molar-refractivity contribution is 9.09. The Hall–Kier alpha value is -0.390. The van der Waals surface area contributed by atoms with Crippen molar-refractivity contribution in [3.05, 3.63) is 35.9 Å². The molecule has 0 aliphatic rings. The fourth-order valence-electron chi connectivity index (χ4n) is 0.935. The van der Waals surface area contributed by atoms with Crippen LogP contribution in [-0.2, 0) is 16.4 Å². The van der Waals surface area contributed by atoms with Crippen molar-refractivity contribution in [2.45, 2.75) is 6.42 Å². The lowest BCUT2D eigenvalue weighted by Crippen LogP contribution is -2.18. The zero-order valence-corrected chi connectivity index (χ0v) is 9.31. The minimum atomic E-state index is -3.15. The standard InChI is InChI=1S/C8H10BrNO2S/c9-10-13(11,12)7-6-8-4-2-1-3-5-8/h1-5,10H,6-7H2. The summed E-state index contributed by atoms with van der Waals surface area (Å²) in [5.41, 5.74) is 1.02. The molecule has 5 heteroatoms. The van der Waals surface area contributed by atoms with Crippen molar-refractivity contribution in [2.24, 2.45) is 0 Å². The molecule has 0 radical (unpaired) electrons. The van der Waals surface area contributed by atoms with Crippen molar-refractivity contribution in [3.63, 3.8) is 0 Å². The van der Waals surface area contributed by atoms with Crippen LogP contribution in [0.2, 0.25) is 0 Å². The van der Waals surface area contributed by atoms with E-state index in [0.29, 0.717) is 6.42 Å². The predicted molar refractivity (Wildman–Crippen MR) is 56.0 cm³/mol. The van der Waals surface area contributed by atoms with Gasteiger partial charge in [-0.15, -0.1) is 0 Å². The third kappa shape index (κ3) is 3.89. The quantitative estimate of drug-likeness (QED) is 0.837. The van der Waals surface area contributed by atoms with Gasteiger partial charge in [-0.1, -0.05) is 30.3 Å². The van der Waals surface area contributed by atoms with Gasteiger partial charge in [0.05, 0.1) is 5.75 Å². The number of sulfonamides is 1. The summed E-state index contributed by atoms with van der Waals surface area (Å²) in [6, 6.07) is 9.50. The third-order valence-corrected chi connectivity index (χ3v) is 4.08. The number of hydrogen-bond donors (Lipinski definition) is 1. The molecule has 0 aliphatic carbocycles. The van der Waals surface area contributed by atoms with Crippen LogP contribution >= 0.6 is 16.1 Å². The van der Waals surface area contributed by atoms with Gasteiger partial charge in [-0.25, -0.2) is 8.42 Å². The normalized spacial score (nSPS) is 11.5. The number of hydrogen-bond acceptors (Lipinski definition) is 2. The van der Waals surface area contributed by atoms with E-state index in [0.717, 1.165) is 5.56 Å². The Kier molecular flexibility index (Phi) is 3.90. The molecule has 1 aromatic carbocycles. The Labute approximate surface area is 86.5 Å². The van der Waals surface area contributed by atoms with E-state index in [4.69, 9.17) is 0 Å². The SMILES string of the molecule is O=S(=O)(CCc1ccccc1)NBr. The minimum Gasteiger partial charge on any atom is -0.212 e. The Bertz CT molecular complexity index is 350. The first-order chi connectivity index (χ1) is 6.14. The fraction of sp³-hybridized carbons (Fsp3) is 0.250. The molecule has 0 amide bonds. The number of nitrogens with one attached hydrogen (secondary N) is 1. The molecule has 1 aromatic rings. The Morgan fingerprint density at radius 1 is 1.23 bits per heavy atom. The second-order valence-electron chi connectivity index (χ2n) is 2.63. The van der Waals surface area contributed by atoms with Gasteiger partial charge in [0.25, 0.3) is 0 Å². The van der Waals surface area contributed by atoms with Crippen molar-refractivity contribution in [3.8, 4) is 0 Å². The molecule has 0 aromatic heterocycles. The maximum Gasteiger partial charge on any atom is 0.221 e. The summed E-state index contributed by atoms with van der Waals surface area (Å²) in [5.74, 6) is 0.0995. The minimum absolute atomic E-state index is 0.0995. The smallest absolute Gasteiger partial charge is 0.212 e. The second-order valence-corrected chi connectivity index (χ2v) is 5.39. The highest BCUT2D eigenvalue weighted by Gasteiger charge is 2.07. The number of aryl methyl sites for hydroxylation is 1. The van der Waals surface area contributed by atoms with Crippen LogP contribution in [0.25, 0.3) is 0 Å². The van der Waals surface area contributed by atoms with E-state index in [1.807, 2.05) is 30.3 Å². The topological polar surface area (TPSA) is 46.2 Å². The van der Waals surface area contributed by atoms with E-state index in [1.54, 1.807) is 0 Å². The van der Waals surface area contributed by atoms with E-state index in [9.17, 15) is 8.42 Å². The van der Waals surface area contributed by atoms with Crippen LogP contribution in [-0.4, -0.2) is 14.2 Å². The van der Waals surface area contributed by atoms with Gasteiger partial charge < -0.3 is 0 Å². The molecular formula is C8H10BrNO2S. The highest BCUT2D eigenvalue weighted by Crippen LogP contribution is 2.01. The molecule has 0 atom stereocenters. The van der Waals surface area contributed by atoms with Gasteiger partial charge in [0.2, 0.25) is 10.0 Å². The first-order valence-electron chi connectivity index (χ1n) is 3.78. The summed E-state index contributed by atoms with van der Waals surface area (Å²) >= 11 is 2.71. The first kappa shape index (κ1) is 10.7. The molecule has 0 spiro atoms. The van der Waals surface area contributed by atoms with Crippen LogP contribution in [0.1, 0.15) is 5.56 Å². The third-order valence-electron chi connectivity index (χ3n) is 1.62. The van der Waals surface area contributed by atoms with Crippen LogP contribution in [0.3, 0.4) is 0 Å². The van der Waals surface area contributed by atoms with Crippen LogP contribution in [0, 0.1) is 0 Å². The summed E-state index contributed by atoms with van der Waals surface area (Å²) in [6.45, 7) is 0. The molecular weight excluding hydrogens is 254 g/mol. The fourth-order valence-corrected chi connectivity index (χ4v) is 2.00. The molecule has 1 N–H and O–H groups in total. The Balaban J connectivity index is 2.54. The van der Waals surface area contributed by atoms with Gasteiger partial charge in [0.1, 0.15) is 0 Å². The van der Waals surface area contributed by atoms with Crippen molar-refractivity contribution in [1.82, 2.24) is 3.75 Å². The number of rotatable bonds is 4. The Morgan fingerprint density at radius 3 is 2.38 bits per heavy atom. The molecule has 1 rings (SSSR count). The summed E-state index contributed by atoms with van der Waals surface area (Å²) in [4.78, 5) is 0. The van der Waals surface area contributed by atoms with E-state index in [1.165, 1.54) is 0 Å². The van der Waals surface area contributed by atoms with Gasteiger partial charge >= 0.3 is 0 Å². The van der Waals surface area contributed by atoms with Crippen LogP contribution in [0.5, 0.6) is 0 Å². The largest absolute Gasteiger partial charge is 0.221 e. The van der Waals surface area contributed by atoms with E-state index < -0.39 is 10.0 Å². The summed E-state index contributed by atoms with van der Waals surface area (Å²) in [7, 11) is -3.15. The number of benzene rings is 1. The molecule has 72 valence electrons. The lowest BCUT2D eigenvalue weighted by molar-refractivity contribution is 0.594. The molecule has 0 unspecified atom stereocenters. The maximum absolute atomic E-state index is 11.0. The zero-order chi connectivity index (χ0) is 9.73. The average Bonchev–Trinajstić information content (AvgIpc) is 2.17. The molecule has 3 nitrogen and oxygen atoms in total. The van der Waals surface area contributed by atoms with Crippen LogP contribution in [0.15, 0.2) is 30.3 Å². The Morgan fingerprint density at radius 2 is 1.85 bits per heavy atom. The maximum atomic E-state index is 11.0. The molecule has 0 saturated heterocycles. The van der Waals surface area contributed by atoms with Crippen molar-refractivity contribution < 1.29 is 8.42 Å². The molecule has 0 saturated carbocycles. The zero-order valence-electron chi connectivity index (χ0n) is 6.90. The van der Waals surface area contributed by atoms with Gasteiger partial charge in [-0.3, -0.25) is 0 Å². The van der Waals surface area contributed by atoms with Crippen molar-refractivity contribution in [2.75, 3.05) is 5.75 Å². The molecule has 0 aliphatic heterocycles. The monoisotopic (exact) mass is 263 g/mol. The van der Waals surface area contributed by atoms with E-state index >= 15 is 0 Å². The average molecular weight is 264 g/mol. The number of halogens is 1. The van der Waals surface area contributed by atoms with Gasteiger partial charge in [-0.05, 0) is 12.0 Å². The van der Waals surface area contributed by atoms with Gasteiger partial charge in [-0.2, -0.15) is 3.75 Å². The van der Waals surface area contributed by atoms with Crippen LogP contribution < -0.4 is 3.75 Å². The summed E-state index contributed by atoms with van der Waals surface area (Å²) in [5, 5.41) is 0. The molecule has 0 heterocycles. The molecule has 0 bridgehead atoms. The van der Waals surface area contributed by atoms with E-state index in [2.05, 4.69) is 19.9 Å². The lowest BCUT2D eigenvalue weighted by atomic mass is 10.2. The summed E-state index contributed by atoms with van der Waals surface area (Å²) in [6.07, 6.45) is 0.530. The second kappa shape index (κ2) is 4.74. The van der Waals surface area contributed by atoms with Crippen molar-refractivity contribution >= 4 is 26.2 Å². The van der Waals surface area contributed by atoms with E-state index in [-0.39, 0.29) is 5.75 Å². The lowest BCUT2D eigenvalue weighted by Gasteiger charge is -2.00. The van der Waals surface area contributed by atoms with Gasteiger partial charge in [0, 0.05) is 16.1 Å². The predicted octanol–water partition coefficient (Wildman–Crippen LogP) is 1.46. The first-order valence-corrected chi connectivity index (χ1v) is 6.22. The van der Waals surface area contributed by atoms with Crippen LogP contribution in [0.4, 0.5) is 0 Å². The highest BCUT2D eigenvalue weighted by atomic mass is 79.9.